The van der Waals surface area contributed by atoms with Gasteiger partial charge in [-0.1, -0.05) is 6.92 Å². The molecule has 4 fully saturated rings. The van der Waals surface area contributed by atoms with Crippen LogP contribution in [0.5, 0.6) is 0 Å². The smallest absolute Gasteiger partial charge is 0.136 e. The second-order valence-corrected chi connectivity index (χ2v) is 8.68. The zero-order valence-corrected chi connectivity index (χ0v) is 13.4. The standard InChI is InChI=1S/C19H30O2/c1-19-10-9-13(20)11-12(19)5-6-15-14-3-2-4-18(21)16(14)7-8-17(15)19/h12-17,20H,2-11H2,1H3/t12-,13+,14+,15-,16+,17-,19-/m0/s1. The van der Waals surface area contributed by atoms with Gasteiger partial charge in [0.2, 0.25) is 0 Å². The average molecular weight is 290 g/mol. The van der Waals surface area contributed by atoms with Crippen LogP contribution in [0.4, 0.5) is 0 Å². The van der Waals surface area contributed by atoms with Crippen molar-refractivity contribution in [2.45, 2.75) is 77.2 Å². The summed E-state index contributed by atoms with van der Waals surface area (Å²) >= 11 is 0. The number of hydrogen-bond acceptors (Lipinski definition) is 2. The summed E-state index contributed by atoms with van der Waals surface area (Å²) in [7, 11) is 0. The van der Waals surface area contributed by atoms with Crippen LogP contribution < -0.4 is 0 Å². The van der Waals surface area contributed by atoms with Gasteiger partial charge in [0.1, 0.15) is 5.78 Å². The van der Waals surface area contributed by atoms with Crippen LogP contribution in [0, 0.1) is 35.0 Å². The molecule has 0 aromatic heterocycles. The highest BCUT2D eigenvalue weighted by atomic mass is 16.3. The van der Waals surface area contributed by atoms with E-state index in [9.17, 15) is 9.90 Å². The molecule has 0 saturated heterocycles. The van der Waals surface area contributed by atoms with Crippen LogP contribution in [0.15, 0.2) is 0 Å². The Labute approximate surface area is 128 Å². The Bertz CT molecular complexity index is 431. The van der Waals surface area contributed by atoms with Crippen LogP contribution in [0.2, 0.25) is 0 Å². The molecule has 118 valence electrons. The first-order chi connectivity index (χ1) is 10.1. The molecule has 0 aromatic rings. The lowest BCUT2D eigenvalue weighted by molar-refractivity contribution is -0.142. The largest absolute Gasteiger partial charge is 0.393 e. The van der Waals surface area contributed by atoms with Gasteiger partial charge in [0.15, 0.2) is 0 Å². The lowest BCUT2D eigenvalue weighted by Crippen LogP contribution is -2.53. The fraction of sp³-hybridized carbons (Fsp3) is 0.947. The topological polar surface area (TPSA) is 37.3 Å². The van der Waals surface area contributed by atoms with Crippen molar-refractivity contribution in [3.63, 3.8) is 0 Å². The molecule has 4 saturated carbocycles. The SMILES string of the molecule is C[C@]12CC[C@@H](O)C[C@@H]1CC[C@H]1[C@H]3CCCC(=O)[C@@H]3CC[C@@H]12. The van der Waals surface area contributed by atoms with Gasteiger partial charge >= 0.3 is 0 Å². The van der Waals surface area contributed by atoms with E-state index in [4.69, 9.17) is 0 Å². The van der Waals surface area contributed by atoms with Crippen LogP contribution in [0.25, 0.3) is 0 Å². The number of carbonyl (C=O) groups is 1. The highest BCUT2D eigenvalue weighted by Crippen LogP contribution is 2.62. The van der Waals surface area contributed by atoms with Crippen molar-refractivity contribution in [2.75, 3.05) is 0 Å². The number of ketones is 1. The van der Waals surface area contributed by atoms with Crippen LogP contribution in [0.3, 0.4) is 0 Å². The zero-order valence-electron chi connectivity index (χ0n) is 13.4. The predicted molar refractivity (Wildman–Crippen MR) is 82.7 cm³/mol. The summed E-state index contributed by atoms with van der Waals surface area (Å²) in [5, 5.41) is 10.0. The fourth-order valence-electron chi connectivity index (χ4n) is 6.86. The van der Waals surface area contributed by atoms with Crippen molar-refractivity contribution in [1.29, 1.82) is 0 Å². The van der Waals surface area contributed by atoms with E-state index in [1.165, 1.54) is 32.1 Å². The molecule has 4 aliphatic rings. The minimum absolute atomic E-state index is 0.0489. The summed E-state index contributed by atoms with van der Waals surface area (Å²) in [4.78, 5) is 12.3. The zero-order chi connectivity index (χ0) is 14.6. The molecule has 0 amide bonds. The van der Waals surface area contributed by atoms with E-state index in [1.54, 1.807) is 0 Å². The molecule has 1 N–H and O–H groups in total. The first kappa shape index (κ1) is 14.2. The number of hydrogen-bond donors (Lipinski definition) is 1. The maximum Gasteiger partial charge on any atom is 0.136 e. The van der Waals surface area contributed by atoms with Gasteiger partial charge in [0, 0.05) is 12.3 Å². The molecule has 0 unspecified atom stereocenters. The molecule has 0 bridgehead atoms. The van der Waals surface area contributed by atoms with E-state index in [0.717, 1.165) is 49.9 Å². The molecule has 0 aromatic carbocycles. The second kappa shape index (κ2) is 5.08. The summed E-state index contributed by atoms with van der Waals surface area (Å²) in [5.41, 5.74) is 0.452. The number of Topliss-reactive ketones (excluding diaryl/α,β-unsaturated/α-hetero) is 1. The Hall–Kier alpha value is -0.370. The molecule has 0 aliphatic heterocycles. The minimum Gasteiger partial charge on any atom is -0.393 e. The van der Waals surface area contributed by atoms with Gasteiger partial charge in [-0.3, -0.25) is 4.79 Å². The van der Waals surface area contributed by atoms with Crippen molar-refractivity contribution in [2.24, 2.45) is 35.0 Å². The summed E-state index contributed by atoms with van der Waals surface area (Å²) in [6.45, 7) is 2.52. The quantitative estimate of drug-likeness (QED) is 0.733. The first-order valence-electron chi connectivity index (χ1n) is 9.30. The predicted octanol–water partition coefficient (Wildman–Crippen LogP) is 3.96. The molecule has 2 nitrogen and oxygen atoms in total. The van der Waals surface area contributed by atoms with Gasteiger partial charge in [-0.2, -0.15) is 0 Å². The number of rotatable bonds is 0. The molecule has 4 rings (SSSR count). The van der Waals surface area contributed by atoms with E-state index in [1.807, 2.05) is 0 Å². The molecule has 7 atom stereocenters. The molecule has 2 heteroatoms. The van der Waals surface area contributed by atoms with Crippen molar-refractivity contribution in [3.05, 3.63) is 0 Å². The number of carbonyl (C=O) groups excluding carboxylic acids is 1. The molecule has 4 aliphatic carbocycles. The Morgan fingerprint density at radius 3 is 2.76 bits per heavy atom. The first-order valence-corrected chi connectivity index (χ1v) is 9.30. The normalized spacial score (nSPS) is 53.5. The van der Waals surface area contributed by atoms with E-state index in [0.29, 0.717) is 23.0 Å². The van der Waals surface area contributed by atoms with Crippen molar-refractivity contribution >= 4 is 5.78 Å². The number of aliphatic hydroxyl groups excluding tert-OH is 1. The number of fused-ring (bicyclic) bond motifs is 5. The third-order valence-corrected chi connectivity index (χ3v) is 7.95. The molecule has 0 radical (unpaired) electrons. The maximum absolute atomic E-state index is 12.3. The van der Waals surface area contributed by atoms with E-state index >= 15 is 0 Å². The summed E-state index contributed by atoms with van der Waals surface area (Å²) in [6, 6.07) is 0. The van der Waals surface area contributed by atoms with Crippen molar-refractivity contribution in [3.8, 4) is 0 Å². The highest BCUT2D eigenvalue weighted by Gasteiger charge is 2.55. The highest BCUT2D eigenvalue weighted by molar-refractivity contribution is 5.82. The number of aliphatic hydroxyl groups is 1. The van der Waals surface area contributed by atoms with E-state index in [-0.39, 0.29) is 6.10 Å². The Kier molecular flexibility index (Phi) is 3.44. The van der Waals surface area contributed by atoms with Gasteiger partial charge in [-0.15, -0.1) is 0 Å². The van der Waals surface area contributed by atoms with Crippen molar-refractivity contribution in [1.82, 2.24) is 0 Å². The Morgan fingerprint density at radius 2 is 1.90 bits per heavy atom. The van der Waals surface area contributed by atoms with E-state index in [2.05, 4.69) is 6.92 Å². The van der Waals surface area contributed by atoms with Gasteiger partial charge in [0.25, 0.3) is 0 Å². The van der Waals surface area contributed by atoms with Crippen LogP contribution in [-0.2, 0) is 4.79 Å². The lowest BCUT2D eigenvalue weighted by Gasteiger charge is -2.59. The molecule has 0 spiro atoms. The van der Waals surface area contributed by atoms with Gasteiger partial charge in [-0.25, -0.2) is 0 Å². The monoisotopic (exact) mass is 290 g/mol. The van der Waals surface area contributed by atoms with Gasteiger partial charge in [-0.05, 0) is 86.9 Å². The summed E-state index contributed by atoms with van der Waals surface area (Å²) in [5.74, 6) is 4.07. The fourth-order valence-corrected chi connectivity index (χ4v) is 6.86. The Balaban J connectivity index is 1.60. The molecular formula is C19H30O2. The van der Waals surface area contributed by atoms with Crippen molar-refractivity contribution < 1.29 is 9.90 Å². The van der Waals surface area contributed by atoms with Crippen LogP contribution in [-0.4, -0.2) is 17.0 Å². The third kappa shape index (κ3) is 2.12. The molecule has 0 heterocycles. The molecule has 21 heavy (non-hydrogen) atoms. The Morgan fingerprint density at radius 1 is 1.05 bits per heavy atom. The minimum atomic E-state index is -0.0489. The lowest BCUT2D eigenvalue weighted by atomic mass is 9.45. The third-order valence-electron chi connectivity index (χ3n) is 7.95. The van der Waals surface area contributed by atoms with Gasteiger partial charge < -0.3 is 5.11 Å². The summed E-state index contributed by atoms with van der Waals surface area (Å²) in [6.07, 6.45) is 11.6. The molecular weight excluding hydrogens is 260 g/mol. The average Bonchev–Trinajstić information content (AvgIpc) is 2.48. The van der Waals surface area contributed by atoms with Crippen LogP contribution >= 0.6 is 0 Å². The maximum atomic E-state index is 12.3. The second-order valence-electron chi connectivity index (χ2n) is 8.68. The van der Waals surface area contributed by atoms with Crippen LogP contribution in [0.1, 0.15) is 71.1 Å². The summed E-state index contributed by atoms with van der Waals surface area (Å²) < 4.78 is 0. The van der Waals surface area contributed by atoms with Gasteiger partial charge in [0.05, 0.1) is 6.10 Å². The van der Waals surface area contributed by atoms with E-state index < -0.39 is 0 Å².